The van der Waals surface area contributed by atoms with Crippen molar-refractivity contribution in [3.05, 3.63) is 62.1 Å². The molecule has 1 amide bonds. The van der Waals surface area contributed by atoms with Gasteiger partial charge in [-0.3, -0.25) is 14.9 Å². The van der Waals surface area contributed by atoms with Crippen LogP contribution in [0.3, 0.4) is 0 Å². The number of carbonyl (C=O) groups is 2. The summed E-state index contributed by atoms with van der Waals surface area (Å²) in [6, 6.07) is 6.96. The molecule has 2 aromatic carbocycles. The SMILES string of the molecule is C[C@@H](OC(=O)c1cc(S(C)(=O)=O)ccc1Cl)C(=O)Nc1cc([N+](=O)[O-])ccc1Cl. The van der Waals surface area contributed by atoms with E-state index in [0.717, 1.165) is 24.5 Å². The van der Waals surface area contributed by atoms with Gasteiger partial charge in [0.25, 0.3) is 11.6 Å². The van der Waals surface area contributed by atoms with E-state index in [0.29, 0.717) is 0 Å². The second-order valence-corrected chi connectivity index (χ2v) is 8.70. The first-order valence-corrected chi connectivity index (χ1v) is 10.5. The van der Waals surface area contributed by atoms with Crippen LogP contribution < -0.4 is 5.32 Å². The number of nitro groups is 1. The highest BCUT2D eigenvalue weighted by Gasteiger charge is 2.23. The van der Waals surface area contributed by atoms with Gasteiger partial charge in [0.2, 0.25) is 0 Å². The molecule has 0 aliphatic heterocycles. The first-order valence-electron chi connectivity index (χ1n) is 7.85. The molecule has 12 heteroatoms. The number of esters is 1. The maximum atomic E-state index is 12.3. The zero-order valence-electron chi connectivity index (χ0n) is 15.0. The highest BCUT2D eigenvalue weighted by molar-refractivity contribution is 7.90. The Morgan fingerprint density at radius 3 is 2.34 bits per heavy atom. The molecule has 154 valence electrons. The van der Waals surface area contributed by atoms with Crippen LogP contribution in [0, 0.1) is 10.1 Å². The molecule has 0 bridgehead atoms. The van der Waals surface area contributed by atoms with Crippen LogP contribution in [0.1, 0.15) is 17.3 Å². The summed E-state index contributed by atoms with van der Waals surface area (Å²) in [5, 5.41) is 13.2. The van der Waals surface area contributed by atoms with Gasteiger partial charge in [0.05, 0.1) is 31.1 Å². The molecule has 2 aromatic rings. The van der Waals surface area contributed by atoms with Crippen LogP contribution in [0.2, 0.25) is 10.0 Å². The Morgan fingerprint density at radius 1 is 1.14 bits per heavy atom. The van der Waals surface area contributed by atoms with E-state index in [1.54, 1.807) is 0 Å². The van der Waals surface area contributed by atoms with E-state index in [9.17, 15) is 28.1 Å². The Bertz CT molecular complexity index is 1100. The number of hydrogen-bond donors (Lipinski definition) is 1. The zero-order valence-corrected chi connectivity index (χ0v) is 17.3. The number of halogens is 2. The minimum atomic E-state index is -3.59. The largest absolute Gasteiger partial charge is 0.449 e. The predicted octanol–water partition coefficient (Wildman–Crippen LogP) is 3.49. The fraction of sp³-hybridized carbons (Fsp3) is 0.176. The molecule has 9 nitrogen and oxygen atoms in total. The number of ether oxygens (including phenoxy) is 1. The first kappa shape index (κ1) is 22.6. The third-order valence-corrected chi connectivity index (χ3v) is 5.43. The average molecular weight is 461 g/mol. The van der Waals surface area contributed by atoms with Gasteiger partial charge in [0, 0.05) is 18.4 Å². The minimum Gasteiger partial charge on any atom is -0.449 e. The standard InChI is InChI=1S/C17H14Cl2N2O7S/c1-9(16(22)20-15-7-10(21(24)25)3-5-14(15)19)28-17(23)12-8-11(29(2,26)27)4-6-13(12)18/h3-9H,1-2H3,(H,20,22)/t9-/m1/s1. The van der Waals surface area contributed by atoms with Crippen LogP contribution in [0.4, 0.5) is 11.4 Å². The number of anilines is 1. The molecule has 0 fully saturated rings. The normalized spacial score (nSPS) is 12.1. The van der Waals surface area contributed by atoms with Gasteiger partial charge in [-0.2, -0.15) is 0 Å². The average Bonchev–Trinajstić information content (AvgIpc) is 2.62. The van der Waals surface area contributed by atoms with E-state index in [2.05, 4.69) is 5.32 Å². The Balaban J connectivity index is 2.17. The summed E-state index contributed by atoms with van der Waals surface area (Å²) >= 11 is 11.8. The predicted molar refractivity (Wildman–Crippen MR) is 106 cm³/mol. The lowest BCUT2D eigenvalue weighted by molar-refractivity contribution is -0.384. The molecule has 0 aliphatic carbocycles. The molecule has 2 rings (SSSR count). The van der Waals surface area contributed by atoms with Gasteiger partial charge >= 0.3 is 5.97 Å². The number of non-ortho nitro benzene ring substituents is 1. The van der Waals surface area contributed by atoms with Gasteiger partial charge in [-0.1, -0.05) is 23.2 Å². The van der Waals surface area contributed by atoms with E-state index in [1.165, 1.54) is 25.1 Å². The van der Waals surface area contributed by atoms with E-state index in [4.69, 9.17) is 27.9 Å². The Labute approximate surface area is 175 Å². The number of nitrogens with one attached hydrogen (secondary N) is 1. The van der Waals surface area contributed by atoms with Crippen LogP contribution in [0.5, 0.6) is 0 Å². The monoisotopic (exact) mass is 460 g/mol. The van der Waals surface area contributed by atoms with Crippen molar-refractivity contribution in [3.63, 3.8) is 0 Å². The van der Waals surface area contributed by atoms with Crippen LogP contribution >= 0.6 is 23.2 Å². The summed E-state index contributed by atoms with van der Waals surface area (Å²) in [6.45, 7) is 1.26. The lowest BCUT2D eigenvalue weighted by Gasteiger charge is -2.15. The fourth-order valence-electron chi connectivity index (χ4n) is 2.13. The summed E-state index contributed by atoms with van der Waals surface area (Å²) in [5.41, 5.74) is -0.563. The van der Waals surface area contributed by atoms with E-state index in [1.807, 2.05) is 0 Å². The highest BCUT2D eigenvalue weighted by Crippen LogP contribution is 2.27. The van der Waals surface area contributed by atoms with Gasteiger partial charge in [0.15, 0.2) is 15.9 Å². The van der Waals surface area contributed by atoms with Gasteiger partial charge in [-0.05, 0) is 31.2 Å². The quantitative estimate of drug-likeness (QED) is 0.396. The maximum absolute atomic E-state index is 12.3. The van der Waals surface area contributed by atoms with Crippen molar-refractivity contribution in [2.45, 2.75) is 17.9 Å². The minimum absolute atomic E-state index is 0.0362. The fourth-order valence-corrected chi connectivity index (χ4v) is 3.13. The summed E-state index contributed by atoms with van der Waals surface area (Å²) in [6.07, 6.45) is -0.375. The van der Waals surface area contributed by atoms with Crippen LogP contribution in [-0.2, 0) is 19.4 Å². The van der Waals surface area contributed by atoms with Crippen LogP contribution in [0.15, 0.2) is 41.3 Å². The van der Waals surface area contributed by atoms with E-state index in [-0.39, 0.29) is 31.9 Å². The topological polar surface area (TPSA) is 133 Å². The molecule has 0 radical (unpaired) electrons. The van der Waals surface area contributed by atoms with Gasteiger partial charge in [-0.15, -0.1) is 0 Å². The Kier molecular flexibility index (Phi) is 6.83. The maximum Gasteiger partial charge on any atom is 0.340 e. The molecule has 0 saturated heterocycles. The van der Waals surface area contributed by atoms with Crippen LogP contribution in [-0.4, -0.2) is 37.6 Å². The van der Waals surface area contributed by atoms with Crippen molar-refractivity contribution >= 4 is 56.3 Å². The van der Waals surface area contributed by atoms with Gasteiger partial charge in [0.1, 0.15) is 0 Å². The summed E-state index contributed by atoms with van der Waals surface area (Å²) in [5.74, 6) is -1.83. The number of carbonyl (C=O) groups excluding carboxylic acids is 2. The second-order valence-electron chi connectivity index (χ2n) is 5.87. The molecule has 0 unspecified atom stereocenters. The summed E-state index contributed by atoms with van der Waals surface area (Å²) in [4.78, 5) is 34.6. The molecule has 0 aromatic heterocycles. The van der Waals surface area contributed by atoms with Crippen molar-refractivity contribution < 1.29 is 27.7 Å². The molecule has 1 atom stereocenters. The summed E-state index contributed by atoms with van der Waals surface area (Å²) < 4.78 is 28.3. The van der Waals surface area contributed by atoms with Gasteiger partial charge in [-0.25, -0.2) is 13.2 Å². The third kappa shape index (κ3) is 5.66. The molecule has 1 N–H and O–H groups in total. The second kappa shape index (κ2) is 8.76. The molecule has 0 aliphatic rings. The molecule has 0 spiro atoms. The lowest BCUT2D eigenvalue weighted by Crippen LogP contribution is -2.30. The Hall–Kier alpha value is -2.69. The smallest absolute Gasteiger partial charge is 0.340 e. The molecule has 0 heterocycles. The number of nitrogens with zero attached hydrogens (tertiary/aromatic N) is 1. The lowest BCUT2D eigenvalue weighted by atomic mass is 10.2. The van der Waals surface area contributed by atoms with E-state index < -0.39 is 32.7 Å². The number of hydrogen-bond acceptors (Lipinski definition) is 7. The zero-order chi connectivity index (χ0) is 21.9. The first-order chi connectivity index (χ1) is 13.4. The molecule has 29 heavy (non-hydrogen) atoms. The Morgan fingerprint density at radius 2 is 1.76 bits per heavy atom. The summed E-state index contributed by atoms with van der Waals surface area (Å²) in [7, 11) is -3.59. The molecular formula is C17H14Cl2N2O7S. The number of amides is 1. The highest BCUT2D eigenvalue weighted by atomic mass is 35.5. The van der Waals surface area contributed by atoms with Crippen molar-refractivity contribution in [1.82, 2.24) is 0 Å². The number of sulfone groups is 1. The van der Waals surface area contributed by atoms with Crippen LogP contribution in [0.25, 0.3) is 0 Å². The van der Waals surface area contributed by atoms with E-state index >= 15 is 0 Å². The number of rotatable bonds is 6. The molecule has 0 saturated carbocycles. The molecular weight excluding hydrogens is 447 g/mol. The van der Waals surface area contributed by atoms with Crippen molar-refractivity contribution in [1.29, 1.82) is 0 Å². The van der Waals surface area contributed by atoms with Crippen molar-refractivity contribution in [3.8, 4) is 0 Å². The number of benzene rings is 2. The van der Waals surface area contributed by atoms with Gasteiger partial charge < -0.3 is 10.1 Å². The van der Waals surface area contributed by atoms with Crippen molar-refractivity contribution in [2.75, 3.05) is 11.6 Å². The third-order valence-electron chi connectivity index (χ3n) is 3.66. The number of nitro benzene ring substituents is 1. The van der Waals surface area contributed by atoms with Crippen molar-refractivity contribution in [2.24, 2.45) is 0 Å².